The van der Waals surface area contributed by atoms with E-state index in [1.165, 1.54) is 4.68 Å². The Labute approximate surface area is 205 Å². The van der Waals surface area contributed by atoms with Gasteiger partial charge in [0.2, 0.25) is 5.91 Å². The van der Waals surface area contributed by atoms with Gasteiger partial charge in [-0.15, -0.1) is 0 Å². The number of methoxy groups -OCH3 is 3. The first-order valence-electron chi connectivity index (χ1n) is 10.2. The Balaban J connectivity index is 1.66. The molecule has 0 aliphatic carbocycles. The lowest BCUT2D eigenvalue weighted by atomic mass is 10.0. The summed E-state index contributed by atoms with van der Waals surface area (Å²) < 4.78 is 17.6. The molecule has 0 bridgehead atoms. The maximum Gasteiger partial charge on any atom is 0.251 e. The summed E-state index contributed by atoms with van der Waals surface area (Å²) in [5, 5.41) is 10.9. The third-order valence-electron chi connectivity index (χ3n) is 5.36. The predicted octanol–water partition coefficient (Wildman–Crippen LogP) is 4.54. The second kappa shape index (κ2) is 9.92. The molecule has 0 saturated heterocycles. The zero-order valence-corrected chi connectivity index (χ0v) is 20.2. The average molecular weight is 505 g/mol. The highest BCUT2D eigenvalue weighted by Gasteiger charge is 2.37. The number of nitrogens with one attached hydrogen (secondary N) is 2. The largest absolute Gasteiger partial charge is 0.493 e. The normalized spacial score (nSPS) is 14.5. The number of carbonyl (C=O) groups is 2. The molecule has 2 heterocycles. The average Bonchev–Trinajstić information content (AvgIpc) is 3.30. The Morgan fingerprint density at radius 3 is 2.59 bits per heavy atom. The van der Waals surface area contributed by atoms with Crippen molar-refractivity contribution in [3.63, 3.8) is 0 Å². The third kappa shape index (κ3) is 4.54. The van der Waals surface area contributed by atoms with Crippen LogP contribution in [0, 0.1) is 0 Å². The Morgan fingerprint density at radius 2 is 1.88 bits per heavy atom. The second-order valence-electron chi connectivity index (χ2n) is 7.50. The number of nitrogens with zero attached hydrogens (tertiary/aromatic N) is 2. The van der Waals surface area contributed by atoms with Gasteiger partial charge in [0, 0.05) is 12.1 Å². The molecule has 1 aromatic heterocycles. The van der Waals surface area contributed by atoms with Crippen molar-refractivity contribution < 1.29 is 23.8 Å². The SMILES string of the molecule is COCc1nn2c(c1-c1ccc(OC)c(OC)c1)NC(=O)C2CC(=O)Nc1cc(Cl)ccc1Cl. The minimum atomic E-state index is -0.850. The quantitative estimate of drug-likeness (QED) is 0.466. The molecule has 2 aromatic carbocycles. The molecule has 0 saturated carbocycles. The molecule has 1 aliphatic heterocycles. The summed E-state index contributed by atoms with van der Waals surface area (Å²) in [6.07, 6.45) is -0.152. The van der Waals surface area contributed by atoms with Gasteiger partial charge in [-0.3, -0.25) is 9.59 Å². The molecule has 0 radical (unpaired) electrons. The number of carbonyl (C=O) groups excluding carboxylic acids is 2. The second-order valence-corrected chi connectivity index (χ2v) is 8.34. The van der Waals surface area contributed by atoms with E-state index in [2.05, 4.69) is 15.7 Å². The van der Waals surface area contributed by atoms with Gasteiger partial charge in [0.25, 0.3) is 5.91 Å². The van der Waals surface area contributed by atoms with Gasteiger partial charge in [0.05, 0.1) is 49.2 Å². The summed E-state index contributed by atoms with van der Waals surface area (Å²) in [6, 6.07) is 9.30. The molecule has 1 atom stereocenters. The first-order valence-corrected chi connectivity index (χ1v) is 11.0. The topological polar surface area (TPSA) is 104 Å². The van der Waals surface area contributed by atoms with Crippen LogP contribution in [0.1, 0.15) is 18.2 Å². The number of aromatic nitrogens is 2. The molecule has 0 spiro atoms. The summed E-state index contributed by atoms with van der Waals surface area (Å²) in [5.74, 6) is 0.820. The molecule has 2 amide bonds. The number of ether oxygens (including phenoxy) is 3. The lowest BCUT2D eigenvalue weighted by Gasteiger charge is -2.11. The fourth-order valence-electron chi connectivity index (χ4n) is 3.82. The third-order valence-corrected chi connectivity index (χ3v) is 5.92. The molecule has 2 N–H and O–H groups in total. The van der Waals surface area contributed by atoms with E-state index in [1.807, 2.05) is 6.07 Å². The Morgan fingerprint density at radius 1 is 1.12 bits per heavy atom. The Bertz CT molecular complexity index is 1260. The van der Waals surface area contributed by atoms with Crippen molar-refractivity contribution in [3.05, 3.63) is 52.1 Å². The van der Waals surface area contributed by atoms with E-state index in [9.17, 15) is 9.59 Å². The van der Waals surface area contributed by atoms with E-state index in [1.54, 1.807) is 51.7 Å². The van der Waals surface area contributed by atoms with Crippen LogP contribution in [0.25, 0.3) is 11.1 Å². The maximum atomic E-state index is 12.8. The zero-order valence-electron chi connectivity index (χ0n) is 18.6. The standard InChI is InChI=1S/C23H22Cl2N4O5/c1-32-11-16-21(12-4-7-18(33-2)19(8-12)34-3)22-27-23(31)17(29(22)28-16)10-20(30)26-15-9-13(24)5-6-14(15)25/h4-9,17H,10-11H2,1-3H3,(H,26,30)(H,27,31). The molecule has 11 heteroatoms. The van der Waals surface area contributed by atoms with E-state index in [0.717, 1.165) is 5.56 Å². The van der Waals surface area contributed by atoms with Crippen LogP contribution < -0.4 is 20.1 Å². The van der Waals surface area contributed by atoms with Gasteiger partial charge in [-0.05, 0) is 35.9 Å². The molecule has 34 heavy (non-hydrogen) atoms. The molecule has 9 nitrogen and oxygen atoms in total. The van der Waals surface area contributed by atoms with E-state index < -0.39 is 11.9 Å². The van der Waals surface area contributed by atoms with Crippen molar-refractivity contribution in [2.45, 2.75) is 19.1 Å². The molecule has 4 rings (SSSR count). The summed E-state index contributed by atoms with van der Waals surface area (Å²) in [6.45, 7) is 0.205. The van der Waals surface area contributed by atoms with Gasteiger partial charge in [-0.1, -0.05) is 29.3 Å². The number of hydrogen-bond acceptors (Lipinski definition) is 6. The number of amides is 2. The molecule has 3 aromatic rings. The summed E-state index contributed by atoms with van der Waals surface area (Å²) in [4.78, 5) is 25.5. The van der Waals surface area contributed by atoms with Crippen molar-refractivity contribution >= 4 is 46.5 Å². The number of hydrogen-bond donors (Lipinski definition) is 2. The van der Waals surface area contributed by atoms with Crippen LogP contribution in [0.2, 0.25) is 10.0 Å². The summed E-state index contributed by atoms with van der Waals surface area (Å²) in [7, 11) is 4.65. The highest BCUT2D eigenvalue weighted by molar-refractivity contribution is 6.35. The van der Waals surface area contributed by atoms with E-state index in [-0.39, 0.29) is 18.9 Å². The van der Waals surface area contributed by atoms with Gasteiger partial charge in [-0.2, -0.15) is 5.10 Å². The van der Waals surface area contributed by atoms with Crippen LogP contribution in [0.15, 0.2) is 36.4 Å². The number of benzene rings is 2. The minimum Gasteiger partial charge on any atom is -0.493 e. The van der Waals surface area contributed by atoms with Crippen LogP contribution in [0.5, 0.6) is 11.5 Å². The first kappa shape index (κ1) is 23.9. The van der Waals surface area contributed by atoms with Gasteiger partial charge < -0.3 is 24.8 Å². The van der Waals surface area contributed by atoms with Crippen LogP contribution >= 0.6 is 23.2 Å². The van der Waals surface area contributed by atoms with Gasteiger partial charge >= 0.3 is 0 Å². The lowest BCUT2D eigenvalue weighted by Crippen LogP contribution is -2.24. The smallest absolute Gasteiger partial charge is 0.251 e. The monoisotopic (exact) mass is 504 g/mol. The Kier molecular flexibility index (Phi) is 6.97. The van der Waals surface area contributed by atoms with E-state index in [4.69, 9.17) is 37.4 Å². The number of anilines is 2. The fourth-order valence-corrected chi connectivity index (χ4v) is 4.16. The lowest BCUT2D eigenvalue weighted by molar-refractivity contribution is -0.123. The van der Waals surface area contributed by atoms with Crippen molar-refractivity contribution in [1.29, 1.82) is 0 Å². The maximum absolute atomic E-state index is 12.8. The highest BCUT2D eigenvalue weighted by atomic mass is 35.5. The Hall–Kier alpha value is -3.27. The summed E-state index contributed by atoms with van der Waals surface area (Å²) in [5.41, 5.74) is 2.40. The number of rotatable bonds is 8. The van der Waals surface area contributed by atoms with Crippen LogP contribution in [0.4, 0.5) is 11.5 Å². The number of fused-ring (bicyclic) bond motifs is 1. The van der Waals surface area contributed by atoms with Crippen LogP contribution in [0.3, 0.4) is 0 Å². The fraction of sp³-hybridized carbons (Fsp3) is 0.261. The van der Waals surface area contributed by atoms with Crippen molar-refractivity contribution in [2.75, 3.05) is 32.0 Å². The zero-order chi connectivity index (χ0) is 24.4. The van der Waals surface area contributed by atoms with Crippen molar-refractivity contribution in [2.24, 2.45) is 0 Å². The van der Waals surface area contributed by atoms with Gasteiger partial charge in [0.1, 0.15) is 11.9 Å². The summed E-state index contributed by atoms with van der Waals surface area (Å²) >= 11 is 12.1. The highest BCUT2D eigenvalue weighted by Crippen LogP contribution is 2.41. The molecular weight excluding hydrogens is 483 g/mol. The van der Waals surface area contributed by atoms with Crippen LogP contribution in [-0.2, 0) is 20.9 Å². The molecule has 178 valence electrons. The molecule has 1 aliphatic rings. The van der Waals surface area contributed by atoms with Crippen molar-refractivity contribution in [3.8, 4) is 22.6 Å². The first-order chi connectivity index (χ1) is 16.4. The van der Waals surface area contributed by atoms with E-state index >= 15 is 0 Å². The minimum absolute atomic E-state index is 0.152. The van der Waals surface area contributed by atoms with E-state index in [0.29, 0.717) is 44.3 Å². The van der Waals surface area contributed by atoms with Crippen LogP contribution in [-0.4, -0.2) is 42.9 Å². The molecule has 0 fully saturated rings. The predicted molar refractivity (Wildman–Crippen MR) is 129 cm³/mol. The molecule has 1 unspecified atom stereocenters. The van der Waals surface area contributed by atoms with Gasteiger partial charge in [-0.25, -0.2) is 4.68 Å². The molecular formula is C23H22Cl2N4O5. The number of halogens is 2. The van der Waals surface area contributed by atoms with Crippen molar-refractivity contribution in [1.82, 2.24) is 9.78 Å². The van der Waals surface area contributed by atoms with Gasteiger partial charge in [0.15, 0.2) is 11.5 Å².